The van der Waals surface area contributed by atoms with E-state index in [0.29, 0.717) is 23.9 Å². The smallest absolute Gasteiger partial charge is 0.407 e. The molecular weight excluding hydrogens is 376 g/mol. The van der Waals surface area contributed by atoms with Gasteiger partial charge in [0.15, 0.2) is 0 Å². The third kappa shape index (κ3) is 4.76. The maximum absolute atomic E-state index is 11.7. The van der Waals surface area contributed by atoms with Gasteiger partial charge in [-0.2, -0.15) is 0 Å². The van der Waals surface area contributed by atoms with Gasteiger partial charge in [-0.15, -0.1) is 0 Å². The first-order chi connectivity index (χ1) is 13.1. The molecule has 0 bridgehead atoms. The van der Waals surface area contributed by atoms with Crippen molar-refractivity contribution in [2.75, 3.05) is 13.2 Å². The number of halogens is 1. The highest BCUT2D eigenvalue weighted by Crippen LogP contribution is 2.47. The molecule has 0 spiro atoms. The molecule has 2 aromatic rings. The fourth-order valence-electron chi connectivity index (χ4n) is 3.20. The minimum atomic E-state index is -0.888. The third-order valence-electron chi connectivity index (χ3n) is 5.25. The summed E-state index contributed by atoms with van der Waals surface area (Å²) in [6.45, 7) is 8.68. The number of nitrogens with zero attached hydrogens (tertiary/aromatic N) is 2. The lowest BCUT2D eigenvalue weighted by molar-refractivity contribution is 0.0746. The Hall–Kier alpha value is -2.27. The summed E-state index contributed by atoms with van der Waals surface area (Å²) in [5, 5.41) is 10.3. The number of rotatable bonds is 6. The van der Waals surface area contributed by atoms with E-state index in [1.165, 1.54) is 4.90 Å². The van der Waals surface area contributed by atoms with Crippen LogP contribution in [0.5, 0.6) is 5.75 Å². The van der Waals surface area contributed by atoms with E-state index in [2.05, 4.69) is 4.98 Å². The standard InChI is InChI=1S/C22H27ClN2O3/c1-15-19(16-5-7-17(23)8-6-16)11-18(12-24-15)28-14-22(9-10-22)13-25(20(26)27)21(2,3)4/h5-8,11-12H,9-10,13-14H2,1-4H3,(H,26,27). The quantitative estimate of drug-likeness (QED) is 0.678. The molecule has 5 nitrogen and oxygen atoms in total. The number of carboxylic acid groups (broad SMARTS) is 1. The molecule has 1 saturated carbocycles. The van der Waals surface area contributed by atoms with E-state index in [1.54, 1.807) is 6.20 Å². The van der Waals surface area contributed by atoms with Crippen LogP contribution in [0.2, 0.25) is 5.02 Å². The number of pyridine rings is 1. The summed E-state index contributed by atoms with van der Waals surface area (Å²) in [6.07, 6.45) is 2.77. The lowest BCUT2D eigenvalue weighted by Gasteiger charge is -2.36. The zero-order chi connectivity index (χ0) is 20.5. The lowest BCUT2D eigenvalue weighted by atomic mass is 10.0. The number of hydrogen-bond donors (Lipinski definition) is 1. The van der Waals surface area contributed by atoms with Gasteiger partial charge in [0, 0.05) is 33.8 Å². The maximum Gasteiger partial charge on any atom is 0.407 e. The Labute approximate surface area is 171 Å². The molecule has 0 unspecified atom stereocenters. The average Bonchev–Trinajstić information content (AvgIpc) is 3.39. The van der Waals surface area contributed by atoms with Gasteiger partial charge in [-0.1, -0.05) is 23.7 Å². The van der Waals surface area contributed by atoms with Crippen molar-refractivity contribution in [1.29, 1.82) is 0 Å². The molecule has 3 rings (SSSR count). The van der Waals surface area contributed by atoms with Gasteiger partial charge in [-0.05, 0) is 64.3 Å². The van der Waals surface area contributed by atoms with Crippen molar-refractivity contribution in [1.82, 2.24) is 9.88 Å². The Morgan fingerprint density at radius 2 is 1.93 bits per heavy atom. The SMILES string of the molecule is Cc1ncc(OCC2(CN(C(=O)O)C(C)(C)C)CC2)cc1-c1ccc(Cl)cc1. The van der Waals surface area contributed by atoms with E-state index in [-0.39, 0.29) is 5.41 Å². The van der Waals surface area contributed by atoms with Gasteiger partial charge in [-0.3, -0.25) is 4.98 Å². The molecule has 0 aliphatic heterocycles. The number of aryl methyl sites for hydroxylation is 1. The highest BCUT2D eigenvalue weighted by Gasteiger charge is 2.47. The van der Waals surface area contributed by atoms with Gasteiger partial charge in [0.1, 0.15) is 5.75 Å². The highest BCUT2D eigenvalue weighted by atomic mass is 35.5. The average molecular weight is 403 g/mol. The number of ether oxygens (including phenoxy) is 1. The summed E-state index contributed by atoms with van der Waals surface area (Å²) in [7, 11) is 0. The van der Waals surface area contributed by atoms with E-state index in [4.69, 9.17) is 16.3 Å². The Morgan fingerprint density at radius 1 is 1.29 bits per heavy atom. The zero-order valence-electron chi connectivity index (χ0n) is 16.8. The van der Waals surface area contributed by atoms with Crippen molar-refractivity contribution in [3.63, 3.8) is 0 Å². The molecule has 1 heterocycles. The van der Waals surface area contributed by atoms with Crippen LogP contribution in [0.1, 0.15) is 39.3 Å². The Morgan fingerprint density at radius 3 is 2.46 bits per heavy atom. The summed E-state index contributed by atoms with van der Waals surface area (Å²) >= 11 is 5.99. The summed E-state index contributed by atoms with van der Waals surface area (Å²) in [5.41, 5.74) is 2.40. The molecular formula is C22H27ClN2O3. The number of carbonyl (C=O) groups is 1. The lowest BCUT2D eigenvalue weighted by Crippen LogP contribution is -2.48. The van der Waals surface area contributed by atoms with E-state index in [0.717, 1.165) is 29.7 Å². The number of hydrogen-bond acceptors (Lipinski definition) is 3. The van der Waals surface area contributed by atoms with Crippen molar-refractivity contribution >= 4 is 17.7 Å². The van der Waals surface area contributed by atoms with Crippen LogP contribution in [0, 0.1) is 12.3 Å². The van der Waals surface area contributed by atoms with E-state index in [9.17, 15) is 9.90 Å². The molecule has 0 atom stereocenters. The fourth-order valence-corrected chi connectivity index (χ4v) is 3.33. The summed E-state index contributed by atoms with van der Waals surface area (Å²) < 4.78 is 6.06. The Balaban J connectivity index is 1.72. The largest absolute Gasteiger partial charge is 0.491 e. The van der Waals surface area contributed by atoms with Gasteiger partial charge in [0.05, 0.1) is 12.8 Å². The second kappa shape index (κ2) is 7.63. The predicted octanol–water partition coefficient (Wildman–Crippen LogP) is 5.65. The summed E-state index contributed by atoms with van der Waals surface area (Å²) in [6, 6.07) is 9.63. The maximum atomic E-state index is 11.7. The molecule has 0 radical (unpaired) electrons. The first-order valence-corrected chi connectivity index (χ1v) is 9.83. The second-order valence-electron chi connectivity index (χ2n) is 8.64. The summed E-state index contributed by atoms with van der Waals surface area (Å²) in [5.74, 6) is 0.694. The van der Waals surface area contributed by atoms with Crippen molar-refractivity contribution in [3.8, 4) is 16.9 Å². The minimum absolute atomic E-state index is 0.114. The van der Waals surface area contributed by atoms with Crippen molar-refractivity contribution in [2.45, 2.75) is 46.1 Å². The minimum Gasteiger partial charge on any atom is -0.491 e. The van der Waals surface area contributed by atoms with Crippen LogP contribution < -0.4 is 4.74 Å². The van der Waals surface area contributed by atoms with Crippen molar-refractivity contribution in [3.05, 3.63) is 47.2 Å². The monoisotopic (exact) mass is 402 g/mol. The zero-order valence-corrected chi connectivity index (χ0v) is 17.6. The molecule has 150 valence electrons. The number of benzene rings is 1. The van der Waals surface area contributed by atoms with Crippen LogP contribution in [0.25, 0.3) is 11.1 Å². The number of aromatic nitrogens is 1. The van der Waals surface area contributed by atoms with Crippen LogP contribution in [-0.4, -0.2) is 39.8 Å². The van der Waals surface area contributed by atoms with Crippen LogP contribution in [0.4, 0.5) is 4.79 Å². The van der Waals surface area contributed by atoms with Gasteiger partial charge >= 0.3 is 6.09 Å². The van der Waals surface area contributed by atoms with E-state index >= 15 is 0 Å². The first kappa shape index (κ1) is 20.5. The van der Waals surface area contributed by atoms with Crippen LogP contribution in [0.15, 0.2) is 36.5 Å². The topological polar surface area (TPSA) is 62.7 Å². The van der Waals surface area contributed by atoms with Gasteiger partial charge < -0.3 is 14.7 Å². The molecule has 1 aromatic carbocycles. The fraction of sp³-hybridized carbons (Fsp3) is 0.455. The molecule has 1 aliphatic carbocycles. The molecule has 0 saturated heterocycles. The second-order valence-corrected chi connectivity index (χ2v) is 9.08. The Kier molecular flexibility index (Phi) is 5.57. The molecule has 1 N–H and O–H groups in total. The van der Waals surface area contributed by atoms with Gasteiger partial charge in [0.25, 0.3) is 0 Å². The molecule has 1 fully saturated rings. The van der Waals surface area contributed by atoms with Crippen LogP contribution in [0.3, 0.4) is 0 Å². The van der Waals surface area contributed by atoms with Gasteiger partial charge in [-0.25, -0.2) is 4.79 Å². The molecule has 1 amide bonds. The van der Waals surface area contributed by atoms with Crippen molar-refractivity contribution < 1.29 is 14.6 Å². The van der Waals surface area contributed by atoms with E-state index < -0.39 is 11.6 Å². The highest BCUT2D eigenvalue weighted by molar-refractivity contribution is 6.30. The van der Waals surface area contributed by atoms with E-state index in [1.807, 2.05) is 58.0 Å². The predicted molar refractivity (Wildman–Crippen MR) is 111 cm³/mol. The third-order valence-corrected chi connectivity index (χ3v) is 5.51. The number of amides is 1. The van der Waals surface area contributed by atoms with Crippen molar-refractivity contribution in [2.24, 2.45) is 5.41 Å². The first-order valence-electron chi connectivity index (χ1n) is 9.46. The Bertz CT molecular complexity index is 855. The molecule has 1 aromatic heterocycles. The molecule has 1 aliphatic rings. The van der Waals surface area contributed by atoms with Gasteiger partial charge in [0.2, 0.25) is 0 Å². The normalized spacial score (nSPS) is 15.2. The van der Waals surface area contributed by atoms with Crippen LogP contribution in [-0.2, 0) is 0 Å². The van der Waals surface area contributed by atoms with Crippen LogP contribution >= 0.6 is 11.6 Å². The molecule has 28 heavy (non-hydrogen) atoms. The molecule has 6 heteroatoms. The summed E-state index contributed by atoms with van der Waals surface area (Å²) in [4.78, 5) is 17.6.